The predicted octanol–water partition coefficient (Wildman–Crippen LogP) is 4.88. The summed E-state index contributed by atoms with van der Waals surface area (Å²) in [6, 6.07) is 3.64. The van der Waals surface area contributed by atoms with Gasteiger partial charge in [0, 0.05) is 18.0 Å². The molecule has 2 aromatic rings. The molecule has 0 fully saturated rings. The Bertz CT molecular complexity index is 748. The summed E-state index contributed by atoms with van der Waals surface area (Å²) in [6.07, 6.45) is 3.14. The van der Waals surface area contributed by atoms with Gasteiger partial charge in [0.25, 0.3) is 0 Å². The van der Waals surface area contributed by atoms with Crippen LogP contribution < -0.4 is 4.90 Å². The molecule has 0 atom stereocenters. The third-order valence-corrected chi connectivity index (χ3v) is 3.81. The second-order valence-corrected chi connectivity index (χ2v) is 8.55. The van der Waals surface area contributed by atoms with Crippen molar-refractivity contribution in [2.24, 2.45) is 0 Å². The first-order valence-electron chi connectivity index (χ1n) is 8.08. The first-order valence-corrected chi connectivity index (χ1v) is 8.90. The maximum Gasteiger partial charge on any atom is 0.425 e. The molecule has 0 radical (unpaired) electrons. The first-order chi connectivity index (χ1) is 12.0. The lowest BCUT2D eigenvalue weighted by Crippen LogP contribution is -2.43. The van der Waals surface area contributed by atoms with Crippen molar-refractivity contribution >= 4 is 28.5 Å². The minimum absolute atomic E-state index is 0.312. The summed E-state index contributed by atoms with van der Waals surface area (Å²) in [6.45, 7) is 10.4. The van der Waals surface area contributed by atoms with E-state index >= 15 is 0 Å². The van der Waals surface area contributed by atoms with E-state index in [4.69, 9.17) is 9.47 Å². The molecule has 0 N–H and O–H groups in total. The van der Waals surface area contributed by atoms with Crippen molar-refractivity contribution in [1.82, 2.24) is 9.97 Å². The Morgan fingerprint density at radius 2 is 1.58 bits per heavy atom. The second-order valence-electron chi connectivity index (χ2n) is 7.54. The fourth-order valence-electron chi connectivity index (χ4n) is 1.86. The van der Waals surface area contributed by atoms with Crippen LogP contribution in [0.1, 0.15) is 41.5 Å². The highest BCUT2D eigenvalue weighted by molar-refractivity contribution is 7.19. The quantitative estimate of drug-likeness (QED) is 0.742. The molecule has 0 unspecified atom stereocenters. The summed E-state index contributed by atoms with van der Waals surface area (Å²) in [5.41, 5.74) is -0.723. The molecule has 0 spiro atoms. The number of nitrogens with zero attached hydrogens (tertiary/aromatic N) is 3. The summed E-state index contributed by atoms with van der Waals surface area (Å²) in [5, 5.41) is 0.942. The molecular weight excluding hydrogens is 354 g/mol. The number of amides is 2. The Balaban J connectivity index is 2.36. The van der Waals surface area contributed by atoms with E-state index in [0.717, 1.165) is 10.5 Å². The Labute approximate surface area is 157 Å². The molecule has 2 amide bonds. The van der Waals surface area contributed by atoms with Crippen molar-refractivity contribution in [1.29, 1.82) is 0 Å². The maximum absolute atomic E-state index is 12.6. The van der Waals surface area contributed by atoms with Crippen LogP contribution in [0.25, 0.3) is 10.6 Å². The third-order valence-electron chi connectivity index (χ3n) is 2.77. The third kappa shape index (κ3) is 5.52. The molecule has 0 aliphatic carbocycles. The Hall–Kier alpha value is -2.48. The molecule has 0 aromatic carbocycles. The molecule has 0 aliphatic rings. The van der Waals surface area contributed by atoms with Gasteiger partial charge in [-0.15, -0.1) is 0 Å². The molecule has 0 bridgehead atoms. The van der Waals surface area contributed by atoms with Crippen LogP contribution in [0.3, 0.4) is 0 Å². The van der Waals surface area contributed by atoms with Crippen molar-refractivity contribution in [2.45, 2.75) is 52.7 Å². The van der Waals surface area contributed by atoms with Gasteiger partial charge in [-0.2, -0.15) is 4.90 Å². The van der Waals surface area contributed by atoms with Gasteiger partial charge < -0.3 is 9.47 Å². The number of carbonyl (C=O) groups is 2. The average Bonchev–Trinajstić information content (AvgIpc) is 2.94. The van der Waals surface area contributed by atoms with Crippen LogP contribution in [0.15, 0.2) is 30.7 Å². The molecule has 2 rings (SSSR count). The van der Waals surface area contributed by atoms with Gasteiger partial charge in [0.2, 0.25) is 0 Å². The van der Waals surface area contributed by atoms with Crippen LogP contribution in [0.4, 0.5) is 14.6 Å². The number of hydrogen-bond acceptors (Lipinski definition) is 7. The molecule has 7 nitrogen and oxygen atoms in total. The smallest absolute Gasteiger partial charge is 0.425 e. The number of rotatable bonds is 2. The largest absolute Gasteiger partial charge is 0.443 e. The monoisotopic (exact) mass is 377 g/mol. The van der Waals surface area contributed by atoms with Crippen LogP contribution in [-0.4, -0.2) is 33.4 Å². The lowest BCUT2D eigenvalue weighted by atomic mass is 10.2. The number of thiazole rings is 1. The van der Waals surface area contributed by atoms with Gasteiger partial charge in [-0.1, -0.05) is 11.3 Å². The highest BCUT2D eigenvalue weighted by atomic mass is 32.1. The Morgan fingerprint density at radius 1 is 1.00 bits per heavy atom. The molecule has 8 heteroatoms. The van der Waals surface area contributed by atoms with Crippen molar-refractivity contribution in [3.8, 4) is 10.6 Å². The molecular formula is C18H23N3O4S. The van der Waals surface area contributed by atoms with E-state index in [-0.39, 0.29) is 0 Å². The summed E-state index contributed by atoms with van der Waals surface area (Å²) in [4.78, 5) is 34.4. The maximum atomic E-state index is 12.6. The zero-order chi connectivity index (χ0) is 19.5. The number of aromatic nitrogens is 2. The number of imide groups is 1. The average molecular weight is 377 g/mol. The molecule has 0 saturated heterocycles. The van der Waals surface area contributed by atoms with Crippen molar-refractivity contribution in [2.75, 3.05) is 4.90 Å². The van der Waals surface area contributed by atoms with E-state index in [1.165, 1.54) is 17.5 Å². The number of carbonyl (C=O) groups excluding carboxylic acids is 2. The fraction of sp³-hybridized carbons (Fsp3) is 0.444. The predicted molar refractivity (Wildman–Crippen MR) is 100 cm³/mol. The van der Waals surface area contributed by atoms with E-state index in [2.05, 4.69) is 9.97 Å². The zero-order valence-electron chi connectivity index (χ0n) is 15.8. The van der Waals surface area contributed by atoms with Crippen LogP contribution >= 0.6 is 11.3 Å². The highest BCUT2D eigenvalue weighted by Gasteiger charge is 2.34. The SMILES string of the molecule is CC(C)(C)OC(=O)N(C(=O)OC(C)(C)C)c1cnc(-c2cccnc2)s1. The zero-order valence-corrected chi connectivity index (χ0v) is 16.6. The van der Waals surface area contributed by atoms with E-state index in [9.17, 15) is 9.59 Å². The summed E-state index contributed by atoms with van der Waals surface area (Å²) < 4.78 is 10.7. The van der Waals surface area contributed by atoms with Crippen molar-refractivity contribution in [3.63, 3.8) is 0 Å². The van der Waals surface area contributed by atoms with Crippen molar-refractivity contribution < 1.29 is 19.1 Å². The first kappa shape index (κ1) is 19.8. The van der Waals surface area contributed by atoms with E-state index < -0.39 is 23.4 Å². The molecule has 0 aliphatic heterocycles. The van der Waals surface area contributed by atoms with Crippen LogP contribution in [0.2, 0.25) is 0 Å². The molecule has 2 aromatic heterocycles. The number of hydrogen-bond donors (Lipinski definition) is 0. The van der Waals surface area contributed by atoms with Gasteiger partial charge >= 0.3 is 12.2 Å². The molecule has 26 heavy (non-hydrogen) atoms. The highest BCUT2D eigenvalue weighted by Crippen LogP contribution is 2.32. The van der Waals surface area contributed by atoms with E-state index in [1.54, 1.807) is 60.0 Å². The molecule has 0 saturated carbocycles. The van der Waals surface area contributed by atoms with Crippen molar-refractivity contribution in [3.05, 3.63) is 30.7 Å². The molecule has 2 heterocycles. The topological polar surface area (TPSA) is 81.6 Å². The summed E-state index contributed by atoms with van der Waals surface area (Å²) in [7, 11) is 0. The number of anilines is 1. The second kappa shape index (κ2) is 7.41. The van der Waals surface area contributed by atoms with Gasteiger partial charge in [0.1, 0.15) is 21.2 Å². The van der Waals surface area contributed by atoms with E-state index in [0.29, 0.717) is 10.0 Å². The summed E-state index contributed by atoms with van der Waals surface area (Å²) in [5.74, 6) is 0. The van der Waals surface area contributed by atoms with Gasteiger partial charge in [-0.05, 0) is 53.7 Å². The van der Waals surface area contributed by atoms with Gasteiger partial charge in [-0.25, -0.2) is 14.6 Å². The Kier molecular flexibility index (Phi) is 5.65. The van der Waals surface area contributed by atoms with Gasteiger partial charge in [0.15, 0.2) is 0 Å². The number of ether oxygens (including phenoxy) is 2. The van der Waals surface area contributed by atoms with Crippen LogP contribution in [0.5, 0.6) is 0 Å². The van der Waals surface area contributed by atoms with Gasteiger partial charge in [0.05, 0.1) is 6.20 Å². The molecule has 140 valence electrons. The lowest BCUT2D eigenvalue weighted by Gasteiger charge is -2.27. The van der Waals surface area contributed by atoms with E-state index in [1.807, 2.05) is 6.07 Å². The minimum Gasteiger partial charge on any atom is -0.443 e. The van der Waals surface area contributed by atoms with Gasteiger partial charge in [-0.3, -0.25) is 4.98 Å². The van der Waals surface area contributed by atoms with Crippen LogP contribution in [-0.2, 0) is 9.47 Å². The fourth-order valence-corrected chi connectivity index (χ4v) is 2.75. The Morgan fingerprint density at radius 3 is 2.04 bits per heavy atom. The van der Waals surface area contributed by atoms with Crippen LogP contribution in [0, 0.1) is 0 Å². The standard InChI is InChI=1S/C18H23N3O4S/c1-17(2,3)24-15(22)21(16(23)25-18(4,5)6)13-11-20-14(26-13)12-8-7-9-19-10-12/h7-11H,1-6H3. The number of pyridine rings is 1. The normalized spacial score (nSPS) is 11.8. The lowest BCUT2D eigenvalue weighted by molar-refractivity contribution is 0.0432. The minimum atomic E-state index is -0.812. The summed E-state index contributed by atoms with van der Waals surface area (Å²) >= 11 is 1.18.